The van der Waals surface area contributed by atoms with Crippen LogP contribution in [0.2, 0.25) is 0 Å². The van der Waals surface area contributed by atoms with Gasteiger partial charge in [0.15, 0.2) is 5.58 Å². The van der Waals surface area contributed by atoms with Gasteiger partial charge in [-0.1, -0.05) is 12.1 Å². The number of β-amino-alcohol motifs (C(OH)–C–C–N with tert-alkyl or cyclic N) is 1. The summed E-state index contributed by atoms with van der Waals surface area (Å²) in [4.78, 5) is 6.43. The summed E-state index contributed by atoms with van der Waals surface area (Å²) in [5.74, 6) is 1.38. The highest BCUT2D eigenvalue weighted by Gasteiger charge is 2.31. The smallest absolute Gasteiger partial charge is 0.298 e. The third-order valence-corrected chi connectivity index (χ3v) is 4.34. The van der Waals surface area contributed by atoms with E-state index in [0.29, 0.717) is 30.6 Å². The molecule has 6 nitrogen and oxygen atoms in total. The molecule has 0 radical (unpaired) electrons. The lowest BCUT2D eigenvalue weighted by Crippen LogP contribution is -2.34. The molecule has 1 aliphatic heterocycles. The van der Waals surface area contributed by atoms with Crippen LogP contribution in [0.5, 0.6) is 11.5 Å². The number of nitrogens with zero attached hydrogens (tertiary/aromatic N) is 2. The van der Waals surface area contributed by atoms with Crippen molar-refractivity contribution in [3.63, 3.8) is 0 Å². The Balaban J connectivity index is 1.77. The van der Waals surface area contributed by atoms with Gasteiger partial charge >= 0.3 is 0 Å². The fraction of sp³-hybridized carbons (Fsp3) is 0.278. The molecule has 1 aromatic heterocycles. The highest BCUT2D eigenvalue weighted by atomic mass is 16.5. The van der Waals surface area contributed by atoms with E-state index in [-0.39, 0.29) is 0 Å². The van der Waals surface area contributed by atoms with E-state index in [9.17, 15) is 5.11 Å². The van der Waals surface area contributed by atoms with Crippen LogP contribution in [0.25, 0.3) is 11.1 Å². The molecule has 0 aliphatic carbocycles. The molecule has 3 aromatic rings. The fourth-order valence-corrected chi connectivity index (χ4v) is 3.22. The van der Waals surface area contributed by atoms with Crippen LogP contribution in [-0.2, 0) is 6.54 Å². The number of oxazole rings is 1. The van der Waals surface area contributed by atoms with E-state index in [4.69, 9.17) is 13.9 Å². The molecule has 6 heteroatoms. The molecule has 0 saturated carbocycles. The van der Waals surface area contributed by atoms with E-state index in [0.717, 1.165) is 22.2 Å². The number of hydrogen-bond donors (Lipinski definition) is 1. The number of aromatic nitrogens is 1. The van der Waals surface area contributed by atoms with E-state index in [2.05, 4.69) is 4.98 Å². The van der Waals surface area contributed by atoms with Gasteiger partial charge in [-0.15, -0.1) is 0 Å². The molecule has 2 aromatic carbocycles. The Bertz CT molecular complexity index is 857. The third kappa shape index (κ3) is 2.27. The third-order valence-electron chi connectivity index (χ3n) is 4.34. The van der Waals surface area contributed by atoms with Gasteiger partial charge in [-0.3, -0.25) is 0 Å². The van der Waals surface area contributed by atoms with Crippen LogP contribution in [0.4, 0.5) is 6.01 Å². The van der Waals surface area contributed by atoms with Crippen LogP contribution in [0, 0.1) is 0 Å². The number of ether oxygens (including phenoxy) is 2. The first-order chi connectivity index (χ1) is 11.7. The van der Waals surface area contributed by atoms with Gasteiger partial charge < -0.3 is 23.9 Å². The van der Waals surface area contributed by atoms with Crippen molar-refractivity contribution in [1.29, 1.82) is 0 Å². The average molecular weight is 326 g/mol. The zero-order valence-electron chi connectivity index (χ0n) is 13.5. The SMILES string of the molecule is COc1ccc(OC)c2c1CN(c1nc3ccccc3o1)C[C@@H]2O. The molecule has 0 amide bonds. The maximum absolute atomic E-state index is 10.7. The van der Waals surface area contributed by atoms with Crippen molar-refractivity contribution in [1.82, 2.24) is 4.98 Å². The Morgan fingerprint density at radius 3 is 2.62 bits per heavy atom. The maximum Gasteiger partial charge on any atom is 0.298 e. The zero-order chi connectivity index (χ0) is 16.7. The van der Waals surface area contributed by atoms with Crippen LogP contribution in [0.15, 0.2) is 40.8 Å². The molecule has 124 valence electrons. The fourth-order valence-electron chi connectivity index (χ4n) is 3.22. The average Bonchev–Trinajstić information content (AvgIpc) is 3.04. The topological polar surface area (TPSA) is 68.0 Å². The van der Waals surface area contributed by atoms with Crippen molar-refractivity contribution in [3.8, 4) is 11.5 Å². The molecule has 0 fully saturated rings. The number of methoxy groups -OCH3 is 2. The largest absolute Gasteiger partial charge is 0.496 e. The van der Waals surface area contributed by atoms with Crippen molar-refractivity contribution in [2.24, 2.45) is 0 Å². The minimum atomic E-state index is -0.714. The molecule has 0 spiro atoms. The van der Waals surface area contributed by atoms with Crippen molar-refractivity contribution in [3.05, 3.63) is 47.5 Å². The number of aliphatic hydroxyl groups excluding tert-OH is 1. The van der Waals surface area contributed by atoms with Crippen molar-refractivity contribution in [2.45, 2.75) is 12.6 Å². The number of benzene rings is 2. The van der Waals surface area contributed by atoms with Crippen LogP contribution in [0.1, 0.15) is 17.2 Å². The number of aliphatic hydroxyl groups is 1. The number of hydrogen-bond acceptors (Lipinski definition) is 6. The van der Waals surface area contributed by atoms with Crippen LogP contribution >= 0.6 is 0 Å². The van der Waals surface area contributed by atoms with E-state index < -0.39 is 6.10 Å². The molecule has 0 bridgehead atoms. The van der Waals surface area contributed by atoms with Crippen LogP contribution < -0.4 is 14.4 Å². The van der Waals surface area contributed by atoms with E-state index in [1.165, 1.54) is 0 Å². The number of fused-ring (bicyclic) bond motifs is 2. The van der Waals surface area contributed by atoms with E-state index >= 15 is 0 Å². The Kier molecular flexibility index (Phi) is 3.54. The minimum Gasteiger partial charge on any atom is -0.496 e. The molecule has 4 rings (SSSR count). The van der Waals surface area contributed by atoms with Gasteiger partial charge in [-0.25, -0.2) is 0 Å². The number of rotatable bonds is 3. The maximum atomic E-state index is 10.7. The summed E-state index contributed by atoms with van der Waals surface area (Å²) in [6.07, 6.45) is -0.714. The molecule has 0 saturated heterocycles. The van der Waals surface area contributed by atoms with Gasteiger partial charge in [0.25, 0.3) is 6.01 Å². The van der Waals surface area contributed by atoms with Gasteiger partial charge in [0.2, 0.25) is 0 Å². The first-order valence-electron chi connectivity index (χ1n) is 7.73. The quantitative estimate of drug-likeness (QED) is 0.798. The monoisotopic (exact) mass is 326 g/mol. The highest BCUT2D eigenvalue weighted by Crippen LogP contribution is 2.40. The van der Waals surface area contributed by atoms with Crippen LogP contribution in [0.3, 0.4) is 0 Å². The van der Waals surface area contributed by atoms with Gasteiger partial charge in [0.1, 0.15) is 23.1 Å². The molecular weight excluding hydrogens is 308 g/mol. The van der Waals surface area contributed by atoms with E-state index in [1.807, 2.05) is 41.3 Å². The van der Waals surface area contributed by atoms with E-state index in [1.54, 1.807) is 14.2 Å². The molecule has 2 heterocycles. The van der Waals surface area contributed by atoms with Crippen LogP contribution in [-0.4, -0.2) is 30.9 Å². The number of anilines is 1. The molecule has 1 N–H and O–H groups in total. The second-order valence-electron chi connectivity index (χ2n) is 5.72. The van der Waals surface area contributed by atoms with Crippen molar-refractivity contribution < 1.29 is 19.0 Å². The molecule has 1 aliphatic rings. The minimum absolute atomic E-state index is 0.378. The summed E-state index contributed by atoms with van der Waals surface area (Å²) in [5, 5.41) is 10.7. The summed E-state index contributed by atoms with van der Waals surface area (Å²) >= 11 is 0. The van der Waals surface area contributed by atoms with Gasteiger partial charge in [-0.2, -0.15) is 4.98 Å². The lowest BCUT2D eigenvalue weighted by molar-refractivity contribution is 0.167. The van der Waals surface area contributed by atoms with Gasteiger partial charge in [0.05, 0.1) is 27.3 Å². The second kappa shape index (κ2) is 5.72. The lowest BCUT2D eigenvalue weighted by atomic mass is 9.95. The lowest BCUT2D eigenvalue weighted by Gasteiger charge is -2.32. The van der Waals surface area contributed by atoms with Crippen molar-refractivity contribution >= 4 is 17.1 Å². The second-order valence-corrected chi connectivity index (χ2v) is 5.72. The van der Waals surface area contributed by atoms with Gasteiger partial charge in [-0.05, 0) is 24.3 Å². The first-order valence-corrected chi connectivity index (χ1v) is 7.73. The standard InChI is InChI=1S/C18H18N2O4/c1-22-14-7-8-16(23-2)17-11(14)9-20(10-13(17)21)18-19-12-5-3-4-6-15(12)24-18/h3-8,13,21H,9-10H2,1-2H3/t13-/m0/s1. The summed E-state index contributed by atoms with van der Waals surface area (Å²) in [5.41, 5.74) is 3.18. The summed E-state index contributed by atoms with van der Waals surface area (Å²) in [6.45, 7) is 0.906. The Morgan fingerprint density at radius 2 is 1.88 bits per heavy atom. The predicted molar refractivity (Wildman–Crippen MR) is 89.6 cm³/mol. The summed E-state index contributed by atoms with van der Waals surface area (Å²) < 4.78 is 16.7. The molecule has 1 atom stereocenters. The Labute approximate surface area is 139 Å². The number of para-hydroxylation sites is 2. The van der Waals surface area contributed by atoms with Gasteiger partial charge in [0, 0.05) is 11.1 Å². The first kappa shape index (κ1) is 14.8. The highest BCUT2D eigenvalue weighted by molar-refractivity contribution is 5.74. The normalized spacial score (nSPS) is 17.0. The summed E-state index contributed by atoms with van der Waals surface area (Å²) in [7, 11) is 3.22. The Hall–Kier alpha value is -2.73. The molecular formula is C18H18N2O4. The molecule has 24 heavy (non-hydrogen) atoms. The van der Waals surface area contributed by atoms with Crippen molar-refractivity contribution in [2.75, 3.05) is 25.7 Å². The predicted octanol–water partition coefficient (Wildman–Crippen LogP) is 2.90. The molecule has 0 unspecified atom stereocenters. The Morgan fingerprint density at radius 1 is 1.12 bits per heavy atom. The zero-order valence-corrected chi connectivity index (χ0v) is 13.5. The summed E-state index contributed by atoms with van der Waals surface area (Å²) in [6, 6.07) is 11.8.